The molecule has 2 aromatic heterocycles. The van der Waals surface area contributed by atoms with Gasteiger partial charge in [-0.1, -0.05) is 24.3 Å². The smallest absolute Gasteiger partial charge is 0.221 e. The second-order valence-corrected chi connectivity index (χ2v) is 5.57. The molecule has 0 aliphatic carbocycles. The molecule has 4 rings (SSSR count). The Kier molecular flexibility index (Phi) is 3.84. The number of methoxy groups -OCH3 is 1. The Labute approximate surface area is 139 Å². The van der Waals surface area contributed by atoms with Crippen molar-refractivity contribution in [3.63, 3.8) is 0 Å². The van der Waals surface area contributed by atoms with Crippen molar-refractivity contribution in [2.75, 3.05) is 12.4 Å². The molecule has 2 aromatic carbocycles. The average Bonchev–Trinajstić information content (AvgIpc) is 3.02. The Hall–Kier alpha value is -2.92. The summed E-state index contributed by atoms with van der Waals surface area (Å²) >= 11 is 0. The van der Waals surface area contributed by atoms with Gasteiger partial charge in [-0.05, 0) is 29.8 Å². The molecule has 0 unspecified atom stereocenters. The number of ether oxygens (including phenoxy) is 1. The molecule has 0 aliphatic heterocycles. The molecular weight excluding hydrogens is 302 g/mol. The van der Waals surface area contributed by atoms with Crippen LogP contribution < -0.4 is 5.32 Å². The normalized spacial score (nSPS) is 11.2. The van der Waals surface area contributed by atoms with Crippen LogP contribution in [0.25, 0.3) is 22.0 Å². The first-order valence-electron chi connectivity index (χ1n) is 7.78. The van der Waals surface area contributed by atoms with Crippen molar-refractivity contribution in [2.24, 2.45) is 0 Å². The minimum Gasteiger partial charge on any atom is -0.438 e. The predicted molar refractivity (Wildman–Crippen MR) is 93.8 cm³/mol. The van der Waals surface area contributed by atoms with Crippen LogP contribution in [0, 0.1) is 0 Å². The van der Waals surface area contributed by atoms with E-state index in [0.717, 1.165) is 33.3 Å². The summed E-state index contributed by atoms with van der Waals surface area (Å²) in [6, 6.07) is 16.1. The van der Waals surface area contributed by atoms with E-state index in [2.05, 4.69) is 39.6 Å². The zero-order valence-electron chi connectivity index (χ0n) is 13.3. The van der Waals surface area contributed by atoms with E-state index in [1.807, 2.05) is 30.5 Å². The van der Waals surface area contributed by atoms with Crippen LogP contribution in [-0.4, -0.2) is 17.1 Å². The molecule has 0 saturated heterocycles. The number of rotatable bonds is 5. The van der Waals surface area contributed by atoms with Gasteiger partial charge in [-0.25, -0.2) is 4.98 Å². The molecule has 0 saturated carbocycles. The van der Waals surface area contributed by atoms with E-state index in [1.165, 1.54) is 0 Å². The highest BCUT2D eigenvalue weighted by atomic mass is 16.5. The average molecular weight is 319 g/mol. The van der Waals surface area contributed by atoms with E-state index in [1.54, 1.807) is 7.11 Å². The van der Waals surface area contributed by atoms with Gasteiger partial charge in [0, 0.05) is 30.9 Å². The second kappa shape index (κ2) is 6.29. The topological polar surface area (TPSA) is 60.2 Å². The molecule has 1 N–H and O–H groups in total. The number of para-hydroxylation sites is 1. The molecule has 2 heterocycles. The first kappa shape index (κ1) is 14.7. The zero-order valence-corrected chi connectivity index (χ0v) is 13.3. The second-order valence-electron chi connectivity index (χ2n) is 5.57. The van der Waals surface area contributed by atoms with Gasteiger partial charge in [0.2, 0.25) is 5.89 Å². The van der Waals surface area contributed by atoms with Crippen molar-refractivity contribution in [1.82, 2.24) is 9.97 Å². The summed E-state index contributed by atoms with van der Waals surface area (Å²) in [7, 11) is 1.63. The minimum atomic E-state index is 0.374. The van der Waals surface area contributed by atoms with Crippen LogP contribution in [0.2, 0.25) is 0 Å². The Morgan fingerprint density at radius 3 is 2.96 bits per heavy atom. The van der Waals surface area contributed by atoms with E-state index < -0.39 is 0 Å². The fraction of sp³-hybridized carbons (Fsp3) is 0.158. The lowest BCUT2D eigenvalue weighted by atomic mass is 10.1. The summed E-state index contributed by atoms with van der Waals surface area (Å²) in [5.74, 6) is 0.586. The maximum atomic E-state index is 5.61. The van der Waals surface area contributed by atoms with Crippen LogP contribution in [0.5, 0.6) is 0 Å². The lowest BCUT2D eigenvalue weighted by Gasteiger charge is -2.08. The maximum absolute atomic E-state index is 5.61. The molecule has 0 amide bonds. The lowest BCUT2D eigenvalue weighted by Crippen LogP contribution is -2.00. The summed E-state index contributed by atoms with van der Waals surface area (Å²) in [4.78, 5) is 8.91. The maximum Gasteiger partial charge on any atom is 0.221 e. The van der Waals surface area contributed by atoms with E-state index in [4.69, 9.17) is 9.15 Å². The number of anilines is 1. The third kappa shape index (κ3) is 2.81. The number of aromatic nitrogens is 2. The molecule has 0 spiro atoms. The van der Waals surface area contributed by atoms with E-state index in [9.17, 15) is 0 Å². The predicted octanol–water partition coefficient (Wildman–Crippen LogP) is 4.13. The molecule has 24 heavy (non-hydrogen) atoms. The third-order valence-corrected chi connectivity index (χ3v) is 3.90. The number of fused-ring (bicyclic) bond motifs is 2. The van der Waals surface area contributed by atoms with Crippen molar-refractivity contribution in [2.45, 2.75) is 13.2 Å². The van der Waals surface area contributed by atoms with Gasteiger partial charge in [0.25, 0.3) is 0 Å². The molecule has 0 aliphatic rings. The van der Waals surface area contributed by atoms with E-state index >= 15 is 0 Å². The summed E-state index contributed by atoms with van der Waals surface area (Å²) in [6.45, 7) is 1.07. The minimum absolute atomic E-state index is 0.374. The number of hydrogen-bond acceptors (Lipinski definition) is 5. The van der Waals surface area contributed by atoms with Gasteiger partial charge in [-0.2, -0.15) is 0 Å². The summed E-state index contributed by atoms with van der Waals surface area (Å²) < 4.78 is 10.7. The van der Waals surface area contributed by atoms with Crippen LogP contribution in [0.4, 0.5) is 5.69 Å². The Morgan fingerprint density at radius 2 is 2.04 bits per heavy atom. The highest BCUT2D eigenvalue weighted by Gasteiger charge is 2.07. The molecular formula is C19H17N3O2. The molecule has 0 bridgehead atoms. The summed E-state index contributed by atoms with van der Waals surface area (Å²) in [6.07, 6.45) is 1.82. The van der Waals surface area contributed by atoms with Gasteiger partial charge in [0.15, 0.2) is 5.58 Å². The number of pyridine rings is 1. The van der Waals surface area contributed by atoms with Gasteiger partial charge >= 0.3 is 0 Å². The zero-order chi connectivity index (χ0) is 16.4. The largest absolute Gasteiger partial charge is 0.438 e. The fourth-order valence-corrected chi connectivity index (χ4v) is 2.78. The molecule has 0 radical (unpaired) electrons. The first-order chi connectivity index (χ1) is 11.8. The van der Waals surface area contributed by atoms with Crippen LogP contribution in [0.1, 0.15) is 11.5 Å². The van der Waals surface area contributed by atoms with Crippen LogP contribution in [0.15, 0.2) is 59.1 Å². The van der Waals surface area contributed by atoms with Crippen molar-refractivity contribution < 1.29 is 9.15 Å². The Bertz CT molecular complexity index is 989. The Balaban J connectivity index is 1.57. The van der Waals surface area contributed by atoms with E-state index in [-0.39, 0.29) is 0 Å². The summed E-state index contributed by atoms with van der Waals surface area (Å²) in [5, 5.41) is 4.58. The molecule has 5 heteroatoms. The number of nitrogens with zero attached hydrogens (tertiary/aromatic N) is 2. The van der Waals surface area contributed by atoms with Gasteiger partial charge in [0.1, 0.15) is 12.1 Å². The first-order valence-corrected chi connectivity index (χ1v) is 7.78. The third-order valence-electron chi connectivity index (χ3n) is 3.90. The van der Waals surface area contributed by atoms with Gasteiger partial charge < -0.3 is 14.5 Å². The van der Waals surface area contributed by atoms with Crippen molar-refractivity contribution in [1.29, 1.82) is 0 Å². The molecule has 0 atom stereocenters. The number of benzene rings is 2. The van der Waals surface area contributed by atoms with Gasteiger partial charge in [0.05, 0.1) is 5.52 Å². The highest BCUT2D eigenvalue weighted by Crippen LogP contribution is 2.22. The summed E-state index contributed by atoms with van der Waals surface area (Å²) in [5.41, 5.74) is 4.76. The lowest BCUT2D eigenvalue weighted by molar-refractivity contribution is 0.161. The van der Waals surface area contributed by atoms with Crippen LogP contribution >= 0.6 is 0 Å². The number of hydrogen-bond donors (Lipinski definition) is 1. The number of nitrogens with one attached hydrogen (secondary N) is 1. The molecule has 0 fully saturated rings. The standard InChI is InChI=1S/C19H17N3O2/c1-23-12-18-22-16-10-15(7-8-17(16)24-18)21-11-14-5-2-4-13-6-3-9-20-19(13)14/h2-10,21H,11-12H2,1H3. The quantitative estimate of drug-likeness (QED) is 0.599. The van der Waals surface area contributed by atoms with Gasteiger partial charge in [-0.15, -0.1) is 0 Å². The van der Waals surface area contributed by atoms with Crippen molar-refractivity contribution in [3.05, 3.63) is 66.2 Å². The Morgan fingerprint density at radius 1 is 1.12 bits per heavy atom. The molecule has 4 aromatic rings. The van der Waals surface area contributed by atoms with Gasteiger partial charge in [-0.3, -0.25) is 4.98 Å². The van der Waals surface area contributed by atoms with Crippen LogP contribution in [0.3, 0.4) is 0 Å². The monoisotopic (exact) mass is 319 g/mol. The highest BCUT2D eigenvalue weighted by molar-refractivity contribution is 5.82. The number of oxazole rings is 1. The van der Waals surface area contributed by atoms with Crippen LogP contribution in [-0.2, 0) is 17.9 Å². The van der Waals surface area contributed by atoms with E-state index in [0.29, 0.717) is 19.0 Å². The SMILES string of the molecule is COCc1nc2cc(NCc3cccc4cccnc34)ccc2o1. The van der Waals surface area contributed by atoms with Crippen molar-refractivity contribution >= 4 is 27.7 Å². The van der Waals surface area contributed by atoms with Crippen molar-refractivity contribution in [3.8, 4) is 0 Å². The molecule has 5 nitrogen and oxygen atoms in total. The molecule has 120 valence electrons. The fourth-order valence-electron chi connectivity index (χ4n) is 2.78.